The number of hydrogen-bond donors (Lipinski definition) is 2. The SMILES string of the molecule is Cc1ccn2cc(C(=O)NC(CC(F)F)C(=O)O)nc2c1. The number of aryl methyl sites for hydroxylation is 1. The van der Waals surface area contributed by atoms with E-state index in [1.54, 1.807) is 16.7 Å². The first-order chi connectivity index (χ1) is 9.86. The Labute approximate surface area is 118 Å². The molecule has 1 atom stereocenters. The Morgan fingerprint density at radius 3 is 2.81 bits per heavy atom. The average Bonchev–Trinajstić information content (AvgIpc) is 2.80. The molecule has 21 heavy (non-hydrogen) atoms. The lowest BCUT2D eigenvalue weighted by atomic mass is 10.2. The largest absolute Gasteiger partial charge is 0.480 e. The second kappa shape index (κ2) is 5.86. The second-order valence-corrected chi connectivity index (χ2v) is 4.59. The minimum atomic E-state index is -2.82. The Bertz CT molecular complexity index is 684. The number of imidazole rings is 1. The monoisotopic (exact) mass is 297 g/mol. The van der Waals surface area contributed by atoms with Crippen molar-refractivity contribution in [1.29, 1.82) is 0 Å². The van der Waals surface area contributed by atoms with Crippen molar-refractivity contribution in [3.8, 4) is 0 Å². The third kappa shape index (κ3) is 3.53. The Kier molecular flexibility index (Phi) is 4.15. The maximum Gasteiger partial charge on any atom is 0.326 e. The highest BCUT2D eigenvalue weighted by molar-refractivity contribution is 5.95. The zero-order valence-corrected chi connectivity index (χ0v) is 11.1. The Hall–Kier alpha value is -2.51. The van der Waals surface area contributed by atoms with E-state index in [4.69, 9.17) is 5.11 Å². The molecule has 0 bridgehead atoms. The molecule has 0 radical (unpaired) electrons. The van der Waals surface area contributed by atoms with Gasteiger partial charge < -0.3 is 14.8 Å². The number of rotatable bonds is 5. The van der Waals surface area contributed by atoms with E-state index in [1.165, 1.54) is 6.20 Å². The van der Waals surface area contributed by atoms with E-state index in [1.807, 2.05) is 18.3 Å². The highest BCUT2D eigenvalue weighted by atomic mass is 19.3. The highest BCUT2D eigenvalue weighted by Crippen LogP contribution is 2.09. The first kappa shape index (κ1) is 14.9. The summed E-state index contributed by atoms with van der Waals surface area (Å²) in [6.45, 7) is 1.86. The summed E-state index contributed by atoms with van der Waals surface area (Å²) in [7, 11) is 0. The third-order valence-corrected chi connectivity index (χ3v) is 2.87. The van der Waals surface area contributed by atoms with E-state index in [9.17, 15) is 18.4 Å². The van der Waals surface area contributed by atoms with Crippen molar-refractivity contribution in [3.05, 3.63) is 35.8 Å². The molecule has 0 saturated carbocycles. The van der Waals surface area contributed by atoms with Gasteiger partial charge in [0.1, 0.15) is 17.4 Å². The number of nitrogens with one attached hydrogen (secondary N) is 1. The molecule has 2 aromatic rings. The lowest BCUT2D eigenvalue weighted by Gasteiger charge is -2.12. The van der Waals surface area contributed by atoms with E-state index in [-0.39, 0.29) is 5.69 Å². The summed E-state index contributed by atoms with van der Waals surface area (Å²) in [5.41, 5.74) is 1.43. The molecule has 2 N–H and O–H groups in total. The lowest BCUT2D eigenvalue weighted by Crippen LogP contribution is -2.42. The number of nitrogens with zero attached hydrogens (tertiary/aromatic N) is 2. The fourth-order valence-corrected chi connectivity index (χ4v) is 1.82. The second-order valence-electron chi connectivity index (χ2n) is 4.59. The molecule has 0 saturated heterocycles. The number of carbonyl (C=O) groups is 2. The average molecular weight is 297 g/mol. The Balaban J connectivity index is 2.19. The molecule has 0 spiro atoms. The Morgan fingerprint density at radius 1 is 1.48 bits per heavy atom. The third-order valence-electron chi connectivity index (χ3n) is 2.87. The van der Waals surface area contributed by atoms with Gasteiger partial charge in [-0.25, -0.2) is 18.6 Å². The number of carboxylic acid groups (broad SMARTS) is 1. The van der Waals surface area contributed by atoms with Gasteiger partial charge in [-0.1, -0.05) is 0 Å². The van der Waals surface area contributed by atoms with Crippen LogP contribution in [0, 0.1) is 6.92 Å². The van der Waals surface area contributed by atoms with Gasteiger partial charge >= 0.3 is 5.97 Å². The number of hydrogen-bond acceptors (Lipinski definition) is 3. The van der Waals surface area contributed by atoms with E-state index in [0.717, 1.165) is 5.56 Å². The molecule has 1 amide bonds. The topological polar surface area (TPSA) is 83.7 Å². The van der Waals surface area contributed by atoms with E-state index >= 15 is 0 Å². The van der Waals surface area contributed by atoms with Crippen LogP contribution in [0.2, 0.25) is 0 Å². The van der Waals surface area contributed by atoms with Crippen molar-refractivity contribution in [2.24, 2.45) is 0 Å². The predicted molar refractivity (Wildman–Crippen MR) is 69.4 cm³/mol. The van der Waals surface area contributed by atoms with Gasteiger partial charge in [-0.15, -0.1) is 0 Å². The zero-order chi connectivity index (χ0) is 15.6. The summed E-state index contributed by atoms with van der Waals surface area (Å²) in [6.07, 6.45) is -0.670. The summed E-state index contributed by atoms with van der Waals surface area (Å²) in [6, 6.07) is 1.90. The standard InChI is InChI=1S/C13H13F2N3O3/c1-7-2-3-18-6-9(16-11(18)4-7)12(19)17-8(13(20)21)5-10(14)15/h2-4,6,8,10H,5H2,1H3,(H,17,19)(H,20,21). The fourth-order valence-electron chi connectivity index (χ4n) is 1.82. The van der Waals surface area contributed by atoms with Crippen LogP contribution in [-0.2, 0) is 4.79 Å². The molecule has 6 nitrogen and oxygen atoms in total. The minimum Gasteiger partial charge on any atom is -0.480 e. The molecule has 0 aliphatic heterocycles. The number of alkyl halides is 2. The highest BCUT2D eigenvalue weighted by Gasteiger charge is 2.25. The molecule has 2 heterocycles. The van der Waals surface area contributed by atoms with Gasteiger partial charge in [0.05, 0.1) is 0 Å². The smallest absolute Gasteiger partial charge is 0.326 e. The molecule has 8 heteroatoms. The molecule has 2 aromatic heterocycles. The first-order valence-electron chi connectivity index (χ1n) is 6.14. The van der Waals surface area contributed by atoms with Crippen LogP contribution in [-0.4, -0.2) is 38.8 Å². The summed E-state index contributed by atoms with van der Waals surface area (Å²) >= 11 is 0. The van der Waals surface area contributed by atoms with Crippen molar-refractivity contribution >= 4 is 17.5 Å². The number of carbonyl (C=O) groups excluding carboxylic acids is 1. The molecule has 1 unspecified atom stereocenters. The van der Waals surface area contributed by atoms with Crippen molar-refractivity contribution in [1.82, 2.24) is 14.7 Å². The van der Waals surface area contributed by atoms with Crippen molar-refractivity contribution < 1.29 is 23.5 Å². The van der Waals surface area contributed by atoms with Gasteiger partial charge in [-0.2, -0.15) is 0 Å². The van der Waals surface area contributed by atoms with Crippen LogP contribution < -0.4 is 5.32 Å². The van der Waals surface area contributed by atoms with Crippen LogP contribution in [0.3, 0.4) is 0 Å². The number of fused-ring (bicyclic) bond motifs is 1. The zero-order valence-electron chi connectivity index (χ0n) is 11.1. The molecule has 0 aliphatic carbocycles. The molecule has 0 fully saturated rings. The number of amides is 1. The van der Waals surface area contributed by atoms with Crippen LogP contribution in [0.15, 0.2) is 24.5 Å². The number of aromatic nitrogens is 2. The Morgan fingerprint density at radius 2 is 2.19 bits per heavy atom. The summed E-state index contributed by atoms with van der Waals surface area (Å²) in [5.74, 6) is -2.31. The van der Waals surface area contributed by atoms with Crippen molar-refractivity contribution in [3.63, 3.8) is 0 Å². The normalized spacial score (nSPS) is 12.6. The van der Waals surface area contributed by atoms with Crippen LogP contribution in [0.5, 0.6) is 0 Å². The van der Waals surface area contributed by atoms with Crippen LogP contribution in [0.25, 0.3) is 5.65 Å². The van der Waals surface area contributed by atoms with Crippen LogP contribution in [0.1, 0.15) is 22.5 Å². The molecule has 0 aliphatic rings. The molecule has 0 aromatic carbocycles. The van der Waals surface area contributed by atoms with Gasteiger partial charge in [0.2, 0.25) is 6.43 Å². The molecule has 2 rings (SSSR count). The number of halogens is 2. The van der Waals surface area contributed by atoms with Gasteiger partial charge in [0, 0.05) is 18.8 Å². The van der Waals surface area contributed by atoms with Gasteiger partial charge in [0.15, 0.2) is 0 Å². The minimum absolute atomic E-state index is 0.0267. The molecular formula is C13H13F2N3O3. The van der Waals surface area contributed by atoms with Crippen molar-refractivity contribution in [2.45, 2.75) is 25.8 Å². The lowest BCUT2D eigenvalue weighted by molar-refractivity contribution is -0.140. The number of pyridine rings is 1. The van der Waals surface area contributed by atoms with Gasteiger partial charge in [-0.3, -0.25) is 4.79 Å². The summed E-state index contributed by atoms with van der Waals surface area (Å²) < 4.78 is 26.1. The fraction of sp³-hybridized carbons (Fsp3) is 0.308. The summed E-state index contributed by atoms with van der Waals surface area (Å²) in [5, 5.41) is 10.9. The predicted octanol–water partition coefficient (Wildman–Crippen LogP) is 1.48. The van der Waals surface area contributed by atoms with Gasteiger partial charge in [0.25, 0.3) is 5.91 Å². The van der Waals surface area contributed by atoms with E-state index in [2.05, 4.69) is 4.98 Å². The maximum absolute atomic E-state index is 12.3. The number of aliphatic carboxylic acids is 1. The summed E-state index contributed by atoms with van der Waals surface area (Å²) in [4.78, 5) is 26.8. The van der Waals surface area contributed by atoms with Gasteiger partial charge in [-0.05, 0) is 24.6 Å². The number of carboxylic acids is 1. The molecular weight excluding hydrogens is 284 g/mol. The van der Waals surface area contributed by atoms with Crippen molar-refractivity contribution in [2.75, 3.05) is 0 Å². The quantitative estimate of drug-likeness (QED) is 0.875. The maximum atomic E-state index is 12.3. The van der Waals surface area contributed by atoms with E-state index in [0.29, 0.717) is 5.65 Å². The van der Waals surface area contributed by atoms with Crippen LogP contribution in [0.4, 0.5) is 8.78 Å². The first-order valence-corrected chi connectivity index (χ1v) is 6.14. The van der Waals surface area contributed by atoms with Crippen LogP contribution >= 0.6 is 0 Å². The molecule has 112 valence electrons. The van der Waals surface area contributed by atoms with E-state index < -0.39 is 30.8 Å².